The molecule has 8 heteroatoms. The summed E-state index contributed by atoms with van der Waals surface area (Å²) in [6, 6.07) is 10.0. The van der Waals surface area contributed by atoms with Gasteiger partial charge in [0.25, 0.3) is 5.69 Å². The fraction of sp³-hybridized carbons (Fsp3) is 0.211. The van der Waals surface area contributed by atoms with Crippen molar-refractivity contribution < 1.29 is 13.3 Å². The molecule has 0 saturated carbocycles. The van der Waals surface area contributed by atoms with E-state index < -0.39 is 16.0 Å². The van der Waals surface area contributed by atoms with Crippen molar-refractivity contribution in [1.82, 2.24) is 10.3 Å². The number of pyridine rings is 1. The van der Waals surface area contributed by atoms with E-state index in [0.29, 0.717) is 16.2 Å². The van der Waals surface area contributed by atoms with Crippen LogP contribution in [0.15, 0.2) is 65.0 Å². The van der Waals surface area contributed by atoms with Crippen molar-refractivity contribution in [3.8, 4) is 11.3 Å². The van der Waals surface area contributed by atoms with Crippen LogP contribution in [0.1, 0.15) is 25.3 Å². The van der Waals surface area contributed by atoms with E-state index in [-0.39, 0.29) is 11.6 Å². The number of allylic oxidation sites excluding steroid dienone is 4. The highest BCUT2D eigenvalue weighted by Crippen LogP contribution is 2.34. The highest BCUT2D eigenvalue weighted by Gasteiger charge is 2.26. The fourth-order valence-corrected chi connectivity index (χ4v) is 3.95. The normalized spacial score (nSPS) is 17.9. The summed E-state index contributed by atoms with van der Waals surface area (Å²) in [6.45, 7) is 3.80. The largest absolute Gasteiger partial charge is 0.362 e. The molecule has 0 bridgehead atoms. The number of nitro groups is 1. The predicted octanol–water partition coefficient (Wildman–Crippen LogP) is 3.79. The van der Waals surface area contributed by atoms with Crippen molar-refractivity contribution >= 4 is 16.8 Å². The molecule has 1 aliphatic heterocycles. The van der Waals surface area contributed by atoms with Gasteiger partial charge in [-0.15, -0.1) is 0 Å². The van der Waals surface area contributed by atoms with E-state index in [2.05, 4.69) is 10.3 Å². The molecule has 1 aromatic carbocycles. The maximum atomic E-state index is 12.3. The molecule has 2 unspecified atom stereocenters. The van der Waals surface area contributed by atoms with Crippen molar-refractivity contribution in [2.24, 2.45) is 0 Å². The highest BCUT2D eigenvalue weighted by atomic mass is 32.2. The van der Waals surface area contributed by atoms with E-state index in [1.54, 1.807) is 18.3 Å². The number of aromatic nitrogens is 1. The molecule has 2 aromatic rings. The highest BCUT2D eigenvalue weighted by molar-refractivity contribution is 7.84. The van der Waals surface area contributed by atoms with E-state index in [0.717, 1.165) is 17.0 Å². The lowest BCUT2D eigenvalue weighted by molar-refractivity contribution is -0.384. The Morgan fingerprint density at radius 2 is 2.04 bits per heavy atom. The maximum absolute atomic E-state index is 12.3. The molecule has 0 radical (unpaired) electrons. The van der Waals surface area contributed by atoms with Crippen LogP contribution in [-0.4, -0.2) is 21.2 Å². The molecule has 0 fully saturated rings. The van der Waals surface area contributed by atoms with Gasteiger partial charge in [-0.05, 0) is 25.5 Å². The molecule has 0 spiro atoms. The number of benzene rings is 1. The molecule has 0 amide bonds. The zero-order valence-electron chi connectivity index (χ0n) is 15.1. The lowest BCUT2D eigenvalue weighted by Crippen LogP contribution is -2.22. The van der Waals surface area contributed by atoms with Crippen LogP contribution in [0.2, 0.25) is 0 Å². The molecule has 0 saturated heterocycles. The van der Waals surface area contributed by atoms with Gasteiger partial charge in [0.2, 0.25) is 0 Å². The molecule has 140 valence electrons. The third-order valence-corrected chi connectivity index (χ3v) is 5.50. The van der Waals surface area contributed by atoms with Crippen LogP contribution in [0, 0.1) is 10.1 Å². The summed E-state index contributed by atoms with van der Waals surface area (Å²) >= 11 is -1.57. The number of nitro benzene ring substituents is 1. The Labute approximate surface area is 159 Å². The van der Waals surface area contributed by atoms with Gasteiger partial charge in [-0.1, -0.05) is 24.3 Å². The van der Waals surface area contributed by atoms with Crippen molar-refractivity contribution in [3.63, 3.8) is 0 Å². The van der Waals surface area contributed by atoms with Crippen LogP contribution in [-0.2, 0) is 15.3 Å². The standard InChI is InChI=1S/C19H19N3O4S/c1-12-9-17(19(13(2)21-12)27(25)26-3)15-7-8-18(20-11-15)14-5-4-6-16(10-14)22(23)24/h4-11,17,21H,1-3H3. The number of nitrogens with one attached hydrogen (secondary N) is 1. The van der Waals surface area contributed by atoms with Crippen molar-refractivity contribution in [2.75, 3.05) is 7.11 Å². The van der Waals surface area contributed by atoms with Gasteiger partial charge in [-0.2, -0.15) is 0 Å². The minimum absolute atomic E-state index is 0.0200. The first-order chi connectivity index (χ1) is 12.9. The molecule has 3 rings (SSSR count). The van der Waals surface area contributed by atoms with Crippen molar-refractivity contribution in [2.45, 2.75) is 19.8 Å². The zero-order valence-corrected chi connectivity index (χ0v) is 15.9. The van der Waals surface area contributed by atoms with Gasteiger partial charge in [0.15, 0.2) is 11.1 Å². The topological polar surface area (TPSA) is 94.4 Å². The number of nitrogens with zero attached hydrogens (tertiary/aromatic N) is 2. The van der Waals surface area contributed by atoms with Crippen LogP contribution in [0.25, 0.3) is 11.3 Å². The third kappa shape index (κ3) is 3.96. The predicted molar refractivity (Wildman–Crippen MR) is 104 cm³/mol. The van der Waals surface area contributed by atoms with Crippen LogP contribution in [0.5, 0.6) is 0 Å². The van der Waals surface area contributed by atoms with Crippen LogP contribution in [0.3, 0.4) is 0 Å². The number of dihydropyridines is 1. The van der Waals surface area contributed by atoms with Gasteiger partial charge in [0.05, 0.1) is 22.6 Å². The summed E-state index contributed by atoms with van der Waals surface area (Å²) < 4.78 is 17.4. The summed E-state index contributed by atoms with van der Waals surface area (Å²) in [6.07, 6.45) is 3.68. The Morgan fingerprint density at radius 3 is 2.67 bits per heavy atom. The second-order valence-corrected chi connectivity index (χ2v) is 7.37. The number of hydrogen-bond acceptors (Lipinski definition) is 6. The molecule has 2 atom stereocenters. The first-order valence-corrected chi connectivity index (χ1v) is 9.31. The summed E-state index contributed by atoms with van der Waals surface area (Å²) in [7, 11) is 1.41. The second-order valence-electron chi connectivity index (χ2n) is 6.13. The van der Waals surface area contributed by atoms with Gasteiger partial charge < -0.3 is 5.32 Å². The Hall–Kier alpha value is -2.84. The lowest BCUT2D eigenvalue weighted by Gasteiger charge is -2.25. The molecule has 1 N–H and O–H groups in total. The van der Waals surface area contributed by atoms with Gasteiger partial charge in [0.1, 0.15) is 0 Å². The Morgan fingerprint density at radius 1 is 1.26 bits per heavy atom. The maximum Gasteiger partial charge on any atom is 0.270 e. The van der Waals surface area contributed by atoms with Gasteiger partial charge in [-0.3, -0.25) is 19.3 Å². The minimum atomic E-state index is -1.57. The molecule has 7 nitrogen and oxygen atoms in total. The lowest BCUT2D eigenvalue weighted by atomic mass is 9.95. The number of rotatable bonds is 5. The van der Waals surface area contributed by atoms with E-state index in [9.17, 15) is 14.3 Å². The molecular weight excluding hydrogens is 366 g/mol. The number of hydrogen-bond donors (Lipinski definition) is 1. The van der Waals surface area contributed by atoms with Crippen molar-refractivity contribution in [1.29, 1.82) is 0 Å². The first-order valence-electron chi connectivity index (χ1n) is 8.24. The zero-order chi connectivity index (χ0) is 19.6. The summed E-state index contributed by atoms with van der Waals surface area (Å²) in [4.78, 5) is 15.6. The molecular formula is C19H19N3O4S. The van der Waals surface area contributed by atoms with E-state index in [1.165, 1.54) is 19.2 Å². The Kier molecular flexibility index (Phi) is 5.48. The number of non-ortho nitro benzene ring substituents is 1. The Bertz CT molecular complexity index is 967. The first kappa shape index (κ1) is 18.9. The van der Waals surface area contributed by atoms with Crippen LogP contribution in [0.4, 0.5) is 5.69 Å². The van der Waals surface area contributed by atoms with E-state index in [4.69, 9.17) is 4.18 Å². The van der Waals surface area contributed by atoms with Crippen molar-refractivity contribution in [3.05, 3.63) is 80.6 Å². The monoisotopic (exact) mass is 385 g/mol. The molecule has 2 heterocycles. The van der Waals surface area contributed by atoms with Crippen LogP contribution >= 0.6 is 0 Å². The molecule has 1 aliphatic rings. The van der Waals surface area contributed by atoms with E-state index in [1.807, 2.05) is 32.1 Å². The van der Waals surface area contributed by atoms with Gasteiger partial charge in [0, 0.05) is 41.2 Å². The quantitative estimate of drug-likeness (QED) is 0.622. The Balaban J connectivity index is 1.97. The summed E-state index contributed by atoms with van der Waals surface area (Å²) in [5, 5.41) is 14.1. The van der Waals surface area contributed by atoms with Gasteiger partial charge in [-0.25, -0.2) is 4.21 Å². The van der Waals surface area contributed by atoms with Crippen LogP contribution < -0.4 is 5.32 Å². The second kappa shape index (κ2) is 7.81. The average molecular weight is 385 g/mol. The smallest absolute Gasteiger partial charge is 0.270 e. The molecule has 27 heavy (non-hydrogen) atoms. The SMILES string of the molecule is COS(=O)C1=C(C)NC(C)=CC1c1ccc(-c2cccc([N+](=O)[O-])c2)nc1. The fourth-order valence-electron chi connectivity index (χ4n) is 3.06. The molecule has 0 aliphatic carbocycles. The van der Waals surface area contributed by atoms with E-state index >= 15 is 0 Å². The molecule has 1 aromatic heterocycles. The summed E-state index contributed by atoms with van der Waals surface area (Å²) in [5.74, 6) is -0.223. The summed E-state index contributed by atoms with van der Waals surface area (Å²) in [5.41, 5.74) is 3.93. The average Bonchev–Trinajstić information content (AvgIpc) is 2.67. The minimum Gasteiger partial charge on any atom is -0.362 e. The third-order valence-electron chi connectivity index (χ3n) is 4.28. The van der Waals surface area contributed by atoms with Gasteiger partial charge >= 0.3 is 0 Å².